The van der Waals surface area contributed by atoms with E-state index in [0.29, 0.717) is 0 Å². The van der Waals surface area contributed by atoms with Crippen molar-refractivity contribution >= 4 is 121 Å². The van der Waals surface area contributed by atoms with Gasteiger partial charge in [-0.25, -0.2) is 0 Å². The lowest BCUT2D eigenvalue weighted by atomic mass is 9.98. The van der Waals surface area contributed by atoms with Gasteiger partial charge >= 0.3 is 0 Å². The standard InChI is InChI=1S/C70H46N4/c1-3-22-52(23-4-1)71(56-36-39-68-64(43-56)60-27-13-15-29-66(60)73(68)54-34-31-47-17-7-9-20-50(47)41-54)58-45-63-59-26-12-11-19-49(59)33-38-62(63)70(46-58)72(53-24-5-2-6-25-53)57-37-40-69-65(44-57)61-28-14-16-30-67(61)74(69)55-35-32-48-18-8-10-21-51(48)42-55/h1-46H. The highest BCUT2D eigenvalue weighted by Gasteiger charge is 2.24. The molecule has 15 rings (SSSR count). The Labute approximate surface area is 428 Å². The van der Waals surface area contributed by atoms with E-state index in [9.17, 15) is 0 Å². The summed E-state index contributed by atoms with van der Waals surface area (Å²) in [6, 6.07) is 102. The van der Waals surface area contributed by atoms with Gasteiger partial charge in [-0.3, -0.25) is 0 Å². The summed E-state index contributed by atoms with van der Waals surface area (Å²) in [6.07, 6.45) is 0. The molecule has 0 radical (unpaired) electrons. The van der Waals surface area contributed by atoms with Gasteiger partial charge in [0.2, 0.25) is 0 Å². The third-order valence-electron chi connectivity index (χ3n) is 15.2. The number of nitrogens with zero attached hydrogens (tertiary/aromatic N) is 4. The molecule has 2 heterocycles. The van der Waals surface area contributed by atoms with E-state index in [0.717, 1.165) is 61.9 Å². The van der Waals surface area contributed by atoms with Crippen LogP contribution >= 0.6 is 0 Å². The topological polar surface area (TPSA) is 16.3 Å². The molecule has 346 valence electrons. The second kappa shape index (κ2) is 16.9. The lowest BCUT2D eigenvalue weighted by molar-refractivity contribution is 1.18. The quantitative estimate of drug-likeness (QED) is 0.141. The minimum absolute atomic E-state index is 1.06. The molecule has 0 aliphatic carbocycles. The molecule has 0 spiro atoms. The molecule has 0 saturated heterocycles. The second-order valence-corrected chi connectivity index (χ2v) is 19.4. The highest BCUT2D eigenvalue weighted by molar-refractivity contribution is 6.17. The lowest BCUT2D eigenvalue weighted by Gasteiger charge is -2.31. The Kier molecular flexibility index (Phi) is 9.54. The van der Waals surface area contributed by atoms with Crippen LogP contribution in [-0.4, -0.2) is 9.13 Å². The smallest absolute Gasteiger partial charge is 0.0561 e. The van der Waals surface area contributed by atoms with Crippen LogP contribution in [0.4, 0.5) is 34.1 Å². The minimum Gasteiger partial charge on any atom is -0.310 e. The van der Waals surface area contributed by atoms with Crippen LogP contribution in [0.25, 0.3) is 98.1 Å². The van der Waals surface area contributed by atoms with E-state index in [4.69, 9.17) is 0 Å². The van der Waals surface area contributed by atoms with Gasteiger partial charge in [0.1, 0.15) is 0 Å². The van der Waals surface area contributed by atoms with E-state index in [2.05, 4.69) is 298 Å². The SMILES string of the molecule is c1ccc(N(c2cc(N(c3ccccc3)c3ccc4c(c3)c3ccccc3n4-c3ccc4ccccc4c3)c3ccc4ccccc4c3c2)c2ccc3c(c2)c2ccccc2n3-c2ccc3ccccc3c2)cc1. The highest BCUT2D eigenvalue weighted by atomic mass is 15.2. The maximum atomic E-state index is 2.46. The van der Waals surface area contributed by atoms with E-state index in [-0.39, 0.29) is 0 Å². The average Bonchev–Trinajstić information content (AvgIpc) is 4.01. The van der Waals surface area contributed by atoms with Crippen LogP contribution in [0.2, 0.25) is 0 Å². The lowest BCUT2D eigenvalue weighted by Crippen LogP contribution is -2.14. The van der Waals surface area contributed by atoms with Crippen molar-refractivity contribution in [3.63, 3.8) is 0 Å². The zero-order valence-corrected chi connectivity index (χ0v) is 40.3. The maximum Gasteiger partial charge on any atom is 0.0561 e. The molecule has 0 fully saturated rings. The molecule has 0 aliphatic rings. The van der Waals surface area contributed by atoms with Crippen LogP contribution in [0, 0.1) is 0 Å². The molecule has 0 saturated carbocycles. The first-order valence-corrected chi connectivity index (χ1v) is 25.4. The average molecular weight is 943 g/mol. The van der Waals surface area contributed by atoms with Gasteiger partial charge in [-0.1, -0.05) is 170 Å². The van der Waals surface area contributed by atoms with Crippen LogP contribution in [0.3, 0.4) is 0 Å². The van der Waals surface area contributed by atoms with E-state index in [1.165, 1.54) is 70.3 Å². The molecule has 0 unspecified atom stereocenters. The van der Waals surface area contributed by atoms with E-state index in [1.54, 1.807) is 0 Å². The van der Waals surface area contributed by atoms with Crippen molar-refractivity contribution in [2.24, 2.45) is 0 Å². The van der Waals surface area contributed by atoms with Crippen molar-refractivity contribution in [1.29, 1.82) is 0 Å². The Hall–Kier alpha value is -9.90. The fourth-order valence-electron chi connectivity index (χ4n) is 11.8. The molecule has 0 amide bonds. The molecule has 0 N–H and O–H groups in total. The summed E-state index contributed by atoms with van der Waals surface area (Å²) < 4.78 is 4.84. The number of hydrogen-bond acceptors (Lipinski definition) is 2. The Balaban J connectivity index is 0.971. The van der Waals surface area contributed by atoms with E-state index < -0.39 is 0 Å². The van der Waals surface area contributed by atoms with Crippen molar-refractivity contribution in [2.75, 3.05) is 9.80 Å². The van der Waals surface area contributed by atoms with Crippen molar-refractivity contribution in [1.82, 2.24) is 9.13 Å². The summed E-state index contributed by atoms with van der Waals surface area (Å²) in [5.74, 6) is 0. The summed E-state index contributed by atoms with van der Waals surface area (Å²) >= 11 is 0. The summed E-state index contributed by atoms with van der Waals surface area (Å²) in [4.78, 5) is 4.90. The Bertz CT molecular complexity index is 4680. The van der Waals surface area contributed by atoms with Gasteiger partial charge in [0.05, 0.1) is 27.8 Å². The molecule has 4 nitrogen and oxygen atoms in total. The summed E-state index contributed by atoms with van der Waals surface area (Å²) in [5, 5.41) is 14.5. The van der Waals surface area contributed by atoms with Gasteiger partial charge in [-0.05, 0) is 147 Å². The number of para-hydroxylation sites is 4. The van der Waals surface area contributed by atoms with Crippen molar-refractivity contribution in [2.45, 2.75) is 0 Å². The number of anilines is 6. The van der Waals surface area contributed by atoms with Gasteiger partial charge in [-0.2, -0.15) is 0 Å². The van der Waals surface area contributed by atoms with Crippen LogP contribution in [0.1, 0.15) is 0 Å². The summed E-state index contributed by atoms with van der Waals surface area (Å²) in [7, 11) is 0. The molecule has 2 aromatic heterocycles. The van der Waals surface area contributed by atoms with Crippen molar-refractivity contribution < 1.29 is 0 Å². The maximum absolute atomic E-state index is 2.46. The van der Waals surface area contributed by atoms with Gasteiger partial charge in [0.15, 0.2) is 0 Å². The Morgan fingerprint density at radius 3 is 1.19 bits per heavy atom. The number of aromatic nitrogens is 2. The fourth-order valence-corrected chi connectivity index (χ4v) is 11.8. The molecule has 0 bridgehead atoms. The molecular weight excluding hydrogens is 897 g/mol. The number of fused-ring (bicyclic) bond motifs is 11. The highest BCUT2D eigenvalue weighted by Crippen LogP contribution is 2.48. The van der Waals surface area contributed by atoms with Gasteiger partial charge in [0, 0.05) is 66.7 Å². The molecule has 74 heavy (non-hydrogen) atoms. The first-order chi connectivity index (χ1) is 36.7. The van der Waals surface area contributed by atoms with Crippen LogP contribution in [-0.2, 0) is 0 Å². The van der Waals surface area contributed by atoms with Crippen molar-refractivity contribution in [3.8, 4) is 11.4 Å². The minimum atomic E-state index is 1.06. The van der Waals surface area contributed by atoms with Gasteiger partial charge < -0.3 is 18.9 Å². The van der Waals surface area contributed by atoms with Crippen LogP contribution < -0.4 is 9.80 Å². The van der Waals surface area contributed by atoms with Crippen molar-refractivity contribution in [3.05, 3.63) is 279 Å². The number of benzene rings is 13. The number of rotatable bonds is 8. The largest absolute Gasteiger partial charge is 0.310 e. The Morgan fingerprint density at radius 1 is 0.203 bits per heavy atom. The van der Waals surface area contributed by atoms with Crippen LogP contribution in [0.5, 0.6) is 0 Å². The van der Waals surface area contributed by atoms with Gasteiger partial charge in [0.25, 0.3) is 0 Å². The first-order valence-electron chi connectivity index (χ1n) is 25.4. The van der Waals surface area contributed by atoms with Gasteiger partial charge in [-0.15, -0.1) is 0 Å². The van der Waals surface area contributed by atoms with E-state index in [1.807, 2.05) is 0 Å². The molecule has 13 aromatic carbocycles. The third-order valence-corrected chi connectivity index (χ3v) is 15.2. The Morgan fingerprint density at radius 2 is 0.622 bits per heavy atom. The molecule has 0 atom stereocenters. The normalized spacial score (nSPS) is 11.8. The molecular formula is C70H46N4. The third kappa shape index (κ3) is 6.69. The molecule has 15 aromatic rings. The molecule has 0 aliphatic heterocycles. The number of hydrogen-bond donors (Lipinski definition) is 0. The zero-order chi connectivity index (χ0) is 48.7. The van der Waals surface area contributed by atoms with Crippen LogP contribution in [0.15, 0.2) is 279 Å². The predicted molar refractivity (Wildman–Crippen MR) is 315 cm³/mol. The second-order valence-electron chi connectivity index (χ2n) is 19.4. The first kappa shape index (κ1) is 41.8. The fraction of sp³-hybridized carbons (Fsp3) is 0. The summed E-state index contributed by atoms with van der Waals surface area (Å²) in [5.41, 5.74) is 13.4. The zero-order valence-electron chi connectivity index (χ0n) is 40.3. The summed E-state index contributed by atoms with van der Waals surface area (Å²) in [6.45, 7) is 0. The monoisotopic (exact) mass is 942 g/mol. The predicted octanol–water partition coefficient (Wildman–Crippen LogP) is 19.4. The van der Waals surface area contributed by atoms with E-state index >= 15 is 0 Å². The molecule has 4 heteroatoms.